The van der Waals surface area contributed by atoms with E-state index < -0.39 is 0 Å². The zero-order valence-electron chi connectivity index (χ0n) is 16.9. The van der Waals surface area contributed by atoms with Crippen molar-refractivity contribution in [1.29, 1.82) is 0 Å². The summed E-state index contributed by atoms with van der Waals surface area (Å²) in [6.07, 6.45) is 0.869. The van der Waals surface area contributed by atoms with Gasteiger partial charge in [-0.3, -0.25) is 4.99 Å². The van der Waals surface area contributed by atoms with Gasteiger partial charge in [0.05, 0.1) is 20.8 Å². The van der Waals surface area contributed by atoms with Gasteiger partial charge in [0.2, 0.25) is 0 Å². The van der Waals surface area contributed by atoms with Crippen LogP contribution >= 0.6 is 24.0 Å². The number of methoxy groups -OCH3 is 2. The molecule has 0 radical (unpaired) electrons. The standard InChI is InChI=1S/C21H29N3O3.HI/c1-16(27-18-8-6-5-7-9-18)15-24-21(22-2)23-13-12-17-10-11-19(25-3)20(14-17)26-4;/h5-11,14,16H,12-13,15H2,1-4H3,(H2,22,23,24);1H. The largest absolute Gasteiger partial charge is 0.493 e. The van der Waals surface area contributed by atoms with Gasteiger partial charge in [0.15, 0.2) is 17.5 Å². The third-order valence-electron chi connectivity index (χ3n) is 4.02. The van der Waals surface area contributed by atoms with Crippen LogP contribution in [-0.4, -0.2) is 46.4 Å². The Morgan fingerprint density at radius 1 is 1.00 bits per heavy atom. The molecule has 0 amide bonds. The van der Waals surface area contributed by atoms with Gasteiger partial charge in [0, 0.05) is 13.6 Å². The van der Waals surface area contributed by atoms with Crippen molar-refractivity contribution in [2.75, 3.05) is 34.4 Å². The number of guanidine groups is 1. The van der Waals surface area contributed by atoms with Crippen LogP contribution in [0.5, 0.6) is 17.2 Å². The lowest BCUT2D eigenvalue weighted by Gasteiger charge is -2.18. The van der Waals surface area contributed by atoms with Crippen molar-refractivity contribution in [2.45, 2.75) is 19.4 Å². The van der Waals surface area contributed by atoms with Crippen molar-refractivity contribution < 1.29 is 14.2 Å². The molecule has 154 valence electrons. The van der Waals surface area contributed by atoms with Gasteiger partial charge in [0.25, 0.3) is 0 Å². The Bertz CT molecular complexity index is 726. The first-order valence-electron chi connectivity index (χ1n) is 9.03. The highest BCUT2D eigenvalue weighted by molar-refractivity contribution is 14.0. The van der Waals surface area contributed by atoms with Crippen molar-refractivity contribution in [3.63, 3.8) is 0 Å². The maximum absolute atomic E-state index is 5.86. The Labute approximate surface area is 184 Å². The van der Waals surface area contributed by atoms with Crippen LogP contribution in [0.4, 0.5) is 0 Å². The molecular weight excluding hydrogens is 469 g/mol. The van der Waals surface area contributed by atoms with Crippen LogP contribution in [0.15, 0.2) is 53.5 Å². The lowest BCUT2D eigenvalue weighted by Crippen LogP contribution is -2.42. The molecular formula is C21H30IN3O3. The maximum atomic E-state index is 5.86. The van der Waals surface area contributed by atoms with Gasteiger partial charge < -0.3 is 24.8 Å². The summed E-state index contributed by atoms with van der Waals surface area (Å²) >= 11 is 0. The first-order chi connectivity index (χ1) is 13.2. The minimum atomic E-state index is 0. The summed E-state index contributed by atoms with van der Waals surface area (Å²) in [7, 11) is 5.04. The Morgan fingerprint density at radius 3 is 2.36 bits per heavy atom. The number of benzene rings is 2. The van der Waals surface area contributed by atoms with Crippen molar-refractivity contribution >= 4 is 29.9 Å². The molecule has 1 atom stereocenters. The Balaban J connectivity index is 0.00000392. The molecule has 0 fully saturated rings. The van der Waals surface area contributed by atoms with Crippen molar-refractivity contribution in [3.8, 4) is 17.2 Å². The van der Waals surface area contributed by atoms with E-state index in [2.05, 4.69) is 15.6 Å². The Morgan fingerprint density at radius 2 is 1.71 bits per heavy atom. The minimum Gasteiger partial charge on any atom is -0.493 e. The molecule has 0 aliphatic heterocycles. The zero-order chi connectivity index (χ0) is 19.5. The molecule has 7 heteroatoms. The van der Waals surface area contributed by atoms with E-state index in [-0.39, 0.29) is 30.1 Å². The van der Waals surface area contributed by atoms with E-state index in [0.717, 1.165) is 41.7 Å². The van der Waals surface area contributed by atoms with Crippen molar-refractivity contribution in [3.05, 3.63) is 54.1 Å². The van der Waals surface area contributed by atoms with Crippen LogP contribution in [0.3, 0.4) is 0 Å². The van der Waals surface area contributed by atoms with Crippen LogP contribution < -0.4 is 24.8 Å². The number of nitrogens with one attached hydrogen (secondary N) is 2. The highest BCUT2D eigenvalue weighted by Gasteiger charge is 2.07. The van der Waals surface area contributed by atoms with Crippen molar-refractivity contribution in [2.24, 2.45) is 4.99 Å². The van der Waals surface area contributed by atoms with Crippen LogP contribution in [0.2, 0.25) is 0 Å². The second-order valence-electron chi connectivity index (χ2n) is 6.06. The Kier molecular flexibility index (Phi) is 11.2. The smallest absolute Gasteiger partial charge is 0.191 e. The van der Waals surface area contributed by atoms with E-state index in [1.165, 1.54) is 0 Å². The lowest BCUT2D eigenvalue weighted by molar-refractivity contribution is 0.224. The van der Waals surface area contributed by atoms with Crippen LogP contribution in [-0.2, 0) is 6.42 Å². The van der Waals surface area contributed by atoms with Gasteiger partial charge in [-0.25, -0.2) is 0 Å². The van der Waals surface area contributed by atoms with E-state index in [1.54, 1.807) is 21.3 Å². The highest BCUT2D eigenvalue weighted by Crippen LogP contribution is 2.27. The molecule has 1 unspecified atom stereocenters. The molecule has 2 rings (SSSR count). The summed E-state index contributed by atoms with van der Waals surface area (Å²) < 4.78 is 16.5. The fourth-order valence-electron chi connectivity index (χ4n) is 2.60. The maximum Gasteiger partial charge on any atom is 0.191 e. The summed E-state index contributed by atoms with van der Waals surface area (Å²) in [6.45, 7) is 3.44. The number of hydrogen-bond acceptors (Lipinski definition) is 4. The summed E-state index contributed by atoms with van der Waals surface area (Å²) in [5.74, 6) is 3.09. The molecule has 0 aliphatic carbocycles. The highest BCUT2D eigenvalue weighted by atomic mass is 127. The van der Waals surface area contributed by atoms with Crippen molar-refractivity contribution in [1.82, 2.24) is 10.6 Å². The summed E-state index contributed by atoms with van der Waals surface area (Å²) in [5.41, 5.74) is 1.16. The average Bonchev–Trinajstić information content (AvgIpc) is 2.71. The normalized spacial score (nSPS) is 11.8. The number of hydrogen-bond donors (Lipinski definition) is 2. The molecule has 2 aromatic carbocycles. The molecule has 28 heavy (non-hydrogen) atoms. The molecule has 0 bridgehead atoms. The van der Waals surface area contributed by atoms with E-state index in [0.29, 0.717) is 6.54 Å². The Hall–Kier alpha value is -2.16. The van der Waals surface area contributed by atoms with E-state index in [4.69, 9.17) is 14.2 Å². The molecule has 0 saturated heterocycles. The third-order valence-corrected chi connectivity index (χ3v) is 4.02. The molecule has 6 nitrogen and oxygen atoms in total. The summed E-state index contributed by atoms with van der Waals surface area (Å²) in [6, 6.07) is 15.7. The lowest BCUT2D eigenvalue weighted by atomic mass is 10.1. The van der Waals surface area contributed by atoms with Gasteiger partial charge in [-0.1, -0.05) is 24.3 Å². The first kappa shape index (κ1) is 23.9. The van der Waals surface area contributed by atoms with E-state index in [9.17, 15) is 0 Å². The number of aliphatic imine (C=N–C) groups is 1. The summed E-state index contributed by atoms with van der Waals surface area (Å²) in [5, 5.41) is 6.60. The second-order valence-corrected chi connectivity index (χ2v) is 6.06. The number of ether oxygens (including phenoxy) is 3. The van der Waals surface area contributed by atoms with E-state index in [1.807, 2.05) is 55.5 Å². The number of nitrogens with zero attached hydrogens (tertiary/aromatic N) is 1. The van der Waals surface area contributed by atoms with Gasteiger partial charge in [-0.15, -0.1) is 24.0 Å². The second kappa shape index (κ2) is 13.1. The van der Waals surface area contributed by atoms with Gasteiger partial charge in [-0.05, 0) is 43.2 Å². The minimum absolute atomic E-state index is 0. The van der Waals surface area contributed by atoms with Gasteiger partial charge in [0.1, 0.15) is 11.9 Å². The third kappa shape index (κ3) is 7.84. The summed E-state index contributed by atoms with van der Waals surface area (Å²) in [4.78, 5) is 4.25. The molecule has 0 heterocycles. The molecule has 2 aromatic rings. The van der Waals surface area contributed by atoms with Gasteiger partial charge in [-0.2, -0.15) is 0 Å². The average molecular weight is 499 g/mol. The molecule has 0 spiro atoms. The predicted octanol–water partition coefficient (Wildman–Crippen LogP) is 3.50. The van der Waals surface area contributed by atoms with E-state index >= 15 is 0 Å². The van der Waals surface area contributed by atoms with Crippen LogP contribution in [0.25, 0.3) is 0 Å². The number of rotatable bonds is 9. The molecule has 0 aliphatic rings. The predicted molar refractivity (Wildman–Crippen MR) is 125 cm³/mol. The van der Waals surface area contributed by atoms with Crippen LogP contribution in [0.1, 0.15) is 12.5 Å². The monoisotopic (exact) mass is 499 g/mol. The van der Waals surface area contributed by atoms with Gasteiger partial charge >= 0.3 is 0 Å². The zero-order valence-corrected chi connectivity index (χ0v) is 19.2. The molecule has 2 N–H and O–H groups in total. The molecule has 0 saturated carbocycles. The molecule has 0 aromatic heterocycles. The first-order valence-corrected chi connectivity index (χ1v) is 9.03. The topological polar surface area (TPSA) is 64.1 Å². The fourth-order valence-corrected chi connectivity index (χ4v) is 2.60. The quantitative estimate of drug-likeness (QED) is 0.314. The fraction of sp³-hybridized carbons (Fsp3) is 0.381. The SMILES string of the molecule is CN=C(NCCc1ccc(OC)c(OC)c1)NCC(C)Oc1ccccc1.I. The number of para-hydroxylation sites is 1. The number of halogens is 1. The van der Waals surface area contributed by atoms with Crippen LogP contribution in [0, 0.1) is 0 Å².